The Kier molecular flexibility index (Phi) is 4.50. The lowest BCUT2D eigenvalue weighted by atomic mass is 9.96. The minimum atomic E-state index is -0.0762. The van der Waals surface area contributed by atoms with E-state index in [4.69, 9.17) is 21.9 Å². The number of methoxy groups -OCH3 is 1. The Hall–Kier alpha value is -1.72. The van der Waals surface area contributed by atoms with Crippen molar-refractivity contribution in [2.45, 2.75) is 19.9 Å². The lowest BCUT2D eigenvalue weighted by molar-refractivity contribution is 0.414. The number of aliphatic imine (C=N–C) groups is 1. The molecule has 1 unspecified atom stereocenters. The second kappa shape index (κ2) is 6.42. The number of anilines is 1. The van der Waals surface area contributed by atoms with Gasteiger partial charge in [0.15, 0.2) is 0 Å². The molecule has 3 nitrogen and oxygen atoms in total. The summed E-state index contributed by atoms with van der Waals surface area (Å²) in [4.78, 5) is 5.61. The Morgan fingerprint density at radius 3 is 2.65 bits per heavy atom. The molecule has 1 heterocycles. The number of halogens is 1. The Morgan fingerprint density at radius 2 is 1.96 bits per heavy atom. The van der Waals surface area contributed by atoms with E-state index in [0.29, 0.717) is 0 Å². The van der Waals surface area contributed by atoms with Gasteiger partial charge in [-0.3, -0.25) is 4.99 Å². The summed E-state index contributed by atoms with van der Waals surface area (Å²) in [6.45, 7) is 4.08. The number of nitrogens with zero attached hydrogens (tertiary/aromatic N) is 1. The number of benzene rings is 2. The molecule has 23 heavy (non-hydrogen) atoms. The van der Waals surface area contributed by atoms with Crippen LogP contribution in [-0.2, 0) is 0 Å². The van der Waals surface area contributed by atoms with Gasteiger partial charge in [-0.2, -0.15) is 0 Å². The summed E-state index contributed by atoms with van der Waals surface area (Å²) in [6, 6.07) is 12.1. The molecule has 0 saturated carbocycles. The molecule has 1 aliphatic rings. The largest absolute Gasteiger partial charge is 0.497 e. The lowest BCUT2D eigenvalue weighted by Gasteiger charge is -2.13. The Labute approximate surface area is 149 Å². The van der Waals surface area contributed by atoms with Gasteiger partial charge in [-0.15, -0.1) is 0 Å². The number of benzodiazepines with no additional fused rings is 1. The average molecular weight is 389 g/mol. The van der Waals surface area contributed by atoms with Crippen molar-refractivity contribution in [3.8, 4) is 5.75 Å². The zero-order chi connectivity index (χ0) is 16.6. The van der Waals surface area contributed by atoms with Gasteiger partial charge in [0.1, 0.15) is 10.7 Å². The third kappa shape index (κ3) is 3.16. The van der Waals surface area contributed by atoms with E-state index >= 15 is 0 Å². The normalized spacial score (nSPS) is 17.0. The molecule has 0 spiro atoms. The van der Waals surface area contributed by atoms with Crippen LogP contribution in [0.25, 0.3) is 0 Å². The maximum Gasteiger partial charge on any atom is 0.119 e. The van der Waals surface area contributed by atoms with E-state index in [0.717, 1.165) is 43.3 Å². The average Bonchev–Trinajstić information content (AvgIpc) is 2.65. The van der Waals surface area contributed by atoms with E-state index in [1.54, 1.807) is 7.11 Å². The highest BCUT2D eigenvalue weighted by molar-refractivity contribution is 9.10. The van der Waals surface area contributed by atoms with E-state index < -0.39 is 0 Å². The Bertz CT molecular complexity index is 817. The van der Waals surface area contributed by atoms with Crippen LogP contribution >= 0.6 is 28.1 Å². The second-order valence-corrected chi connectivity index (χ2v) is 6.87. The summed E-state index contributed by atoms with van der Waals surface area (Å²) in [7, 11) is 1.68. The van der Waals surface area contributed by atoms with E-state index in [9.17, 15) is 0 Å². The van der Waals surface area contributed by atoms with Crippen LogP contribution < -0.4 is 10.1 Å². The zero-order valence-corrected chi connectivity index (χ0v) is 15.6. The van der Waals surface area contributed by atoms with Crippen molar-refractivity contribution in [2.24, 2.45) is 4.99 Å². The van der Waals surface area contributed by atoms with Gasteiger partial charge in [-0.25, -0.2) is 0 Å². The van der Waals surface area contributed by atoms with Gasteiger partial charge >= 0.3 is 0 Å². The number of hydrogen-bond acceptors (Lipinski definition) is 3. The molecule has 0 fully saturated rings. The summed E-state index contributed by atoms with van der Waals surface area (Å²) < 4.78 is 6.32. The summed E-state index contributed by atoms with van der Waals surface area (Å²) in [5.41, 5.74) is 5.18. The van der Waals surface area contributed by atoms with E-state index in [1.807, 2.05) is 31.2 Å². The molecule has 2 aromatic rings. The van der Waals surface area contributed by atoms with Crippen molar-refractivity contribution in [3.63, 3.8) is 0 Å². The first kappa shape index (κ1) is 16.1. The van der Waals surface area contributed by atoms with Crippen molar-refractivity contribution in [2.75, 3.05) is 12.4 Å². The number of nitrogens with one attached hydrogen (secondary N) is 1. The van der Waals surface area contributed by atoms with Crippen molar-refractivity contribution in [1.29, 1.82) is 0 Å². The Balaban J connectivity index is 2.22. The monoisotopic (exact) mass is 388 g/mol. The molecule has 0 bridgehead atoms. The van der Waals surface area contributed by atoms with Crippen molar-refractivity contribution in [1.82, 2.24) is 0 Å². The van der Waals surface area contributed by atoms with Gasteiger partial charge in [0.25, 0.3) is 0 Å². The molecule has 118 valence electrons. The molecular formula is C18H17BrN2OS. The van der Waals surface area contributed by atoms with Gasteiger partial charge in [-0.05, 0) is 55.8 Å². The molecule has 1 aliphatic heterocycles. The highest BCUT2D eigenvalue weighted by atomic mass is 79.9. The summed E-state index contributed by atoms with van der Waals surface area (Å²) >= 11 is 9.00. The van der Waals surface area contributed by atoms with Crippen LogP contribution in [0.4, 0.5) is 5.69 Å². The van der Waals surface area contributed by atoms with Crippen LogP contribution in [0.3, 0.4) is 0 Å². The first-order valence-electron chi connectivity index (χ1n) is 7.33. The molecule has 0 radical (unpaired) electrons. The third-order valence-corrected chi connectivity index (χ3v) is 4.82. The first-order chi connectivity index (χ1) is 11.0. The summed E-state index contributed by atoms with van der Waals surface area (Å²) in [5.74, 6) is 0.844. The number of thiocarbonyl (C=S) groups is 1. The van der Waals surface area contributed by atoms with Crippen LogP contribution in [0.15, 0.2) is 45.9 Å². The maximum atomic E-state index is 5.45. The number of hydrogen-bond donors (Lipinski definition) is 1. The van der Waals surface area contributed by atoms with Crippen LogP contribution in [-0.4, -0.2) is 23.9 Å². The lowest BCUT2D eigenvalue weighted by Crippen LogP contribution is -2.20. The fourth-order valence-electron chi connectivity index (χ4n) is 2.62. The SMILES string of the molecule is COc1ccc(C2=NC(C)C(=S)Nc3ccc(Br)cc32)c(C)c1. The van der Waals surface area contributed by atoms with E-state index in [2.05, 4.69) is 40.3 Å². The zero-order valence-electron chi connectivity index (χ0n) is 13.2. The second-order valence-electron chi connectivity index (χ2n) is 5.51. The quantitative estimate of drug-likeness (QED) is 0.753. The third-order valence-electron chi connectivity index (χ3n) is 3.89. The Morgan fingerprint density at radius 1 is 1.17 bits per heavy atom. The maximum absolute atomic E-state index is 5.45. The van der Waals surface area contributed by atoms with Crippen LogP contribution in [0.5, 0.6) is 5.75 Å². The number of fused-ring (bicyclic) bond motifs is 1. The van der Waals surface area contributed by atoms with Gasteiger partial charge in [0.2, 0.25) is 0 Å². The van der Waals surface area contributed by atoms with Gasteiger partial charge in [0.05, 0.1) is 18.9 Å². The van der Waals surface area contributed by atoms with E-state index in [-0.39, 0.29) is 6.04 Å². The van der Waals surface area contributed by atoms with Gasteiger partial charge in [0, 0.05) is 21.3 Å². The van der Waals surface area contributed by atoms with Gasteiger partial charge in [-0.1, -0.05) is 28.1 Å². The topological polar surface area (TPSA) is 33.6 Å². The fourth-order valence-corrected chi connectivity index (χ4v) is 3.15. The molecule has 0 aromatic heterocycles. The molecule has 0 amide bonds. The molecular weight excluding hydrogens is 372 g/mol. The van der Waals surface area contributed by atoms with Gasteiger partial charge < -0.3 is 10.1 Å². The van der Waals surface area contributed by atoms with Crippen molar-refractivity contribution < 1.29 is 4.74 Å². The van der Waals surface area contributed by atoms with Crippen LogP contribution in [0, 0.1) is 6.92 Å². The summed E-state index contributed by atoms with van der Waals surface area (Å²) in [5, 5.41) is 3.31. The molecule has 0 saturated heterocycles. The van der Waals surface area contributed by atoms with Crippen LogP contribution in [0.2, 0.25) is 0 Å². The van der Waals surface area contributed by atoms with E-state index in [1.165, 1.54) is 0 Å². The number of aryl methyl sites for hydroxylation is 1. The first-order valence-corrected chi connectivity index (χ1v) is 8.53. The minimum Gasteiger partial charge on any atom is -0.497 e. The van der Waals surface area contributed by atoms with Crippen LogP contribution in [0.1, 0.15) is 23.6 Å². The van der Waals surface area contributed by atoms with Crippen molar-refractivity contribution in [3.05, 3.63) is 57.6 Å². The molecule has 1 N–H and O–H groups in total. The molecule has 5 heteroatoms. The minimum absolute atomic E-state index is 0.0762. The number of rotatable bonds is 2. The standard InChI is InChI=1S/C18H17BrN2OS/c1-10-8-13(22-3)5-6-14(10)17-15-9-12(19)4-7-16(15)21-18(23)11(2)20-17/h4-9,11H,1-3H3,(H,21,23). The fraction of sp³-hybridized carbons (Fsp3) is 0.222. The number of ether oxygens (including phenoxy) is 1. The molecule has 2 aromatic carbocycles. The predicted octanol–water partition coefficient (Wildman–Crippen LogP) is 4.74. The molecule has 0 aliphatic carbocycles. The predicted molar refractivity (Wildman–Crippen MR) is 103 cm³/mol. The molecule has 3 rings (SSSR count). The van der Waals surface area contributed by atoms with Crippen molar-refractivity contribution >= 4 is 44.5 Å². The smallest absolute Gasteiger partial charge is 0.119 e. The highest BCUT2D eigenvalue weighted by Gasteiger charge is 2.22. The highest BCUT2D eigenvalue weighted by Crippen LogP contribution is 2.29. The summed E-state index contributed by atoms with van der Waals surface area (Å²) in [6.07, 6.45) is 0. The molecule has 1 atom stereocenters.